The molecule has 232 valence electrons. The van der Waals surface area contributed by atoms with Crippen molar-refractivity contribution < 1.29 is 14.7 Å². The van der Waals surface area contributed by atoms with Crippen molar-refractivity contribution in [3.8, 4) is 22.7 Å². The first-order valence-electron chi connectivity index (χ1n) is 14.3. The molecule has 2 aliphatic rings. The molecule has 0 radical (unpaired) electrons. The Balaban J connectivity index is 1.73. The molecule has 6 rings (SSSR count). The Bertz CT molecular complexity index is 2010. The average Bonchev–Trinajstić information content (AvgIpc) is 2.99. The smallest absolute Gasteiger partial charge is 0.282 e. The molecule has 45 heavy (non-hydrogen) atoms. The molecule has 0 saturated carbocycles. The van der Waals surface area contributed by atoms with Crippen LogP contribution in [0, 0.1) is 6.92 Å². The first kappa shape index (κ1) is 30.9. The number of halogens is 3. The standard InChI is InChI=1S/C32H29Cl3N6O4/c1-6-23(43)39-13-22-31(44)38-27-29(40(22)12-16(39)5)19-11-21(34)26(18-9-17(42)10-20(33)24(18)35)37-30(19)41(32(27)45)28-15(4)7-8-36-25(28)14(2)3/h6-11,14,16,22,42H,1,12-13H2,2-5H3,(H,38,44). The molecule has 2 atom stereocenters. The second-order valence-corrected chi connectivity index (χ2v) is 12.8. The van der Waals surface area contributed by atoms with E-state index >= 15 is 0 Å². The summed E-state index contributed by atoms with van der Waals surface area (Å²) in [5.74, 6) is -0.912. The van der Waals surface area contributed by atoms with Crippen molar-refractivity contribution in [1.82, 2.24) is 19.4 Å². The number of carbonyl (C=O) groups excluding carboxylic acids is 2. The SMILES string of the molecule is C=CC(=O)N1CC2C(=O)Nc3c(c4cc(Cl)c(-c5cc(O)cc(Cl)c5Cl)nc4n(-c4c(C)ccnc4C(C)C)c3=O)N2CC1C. The normalized spacial score (nSPS) is 17.7. The Kier molecular flexibility index (Phi) is 7.79. The largest absolute Gasteiger partial charge is 0.508 e. The maximum Gasteiger partial charge on any atom is 0.282 e. The predicted molar refractivity (Wildman–Crippen MR) is 177 cm³/mol. The minimum Gasteiger partial charge on any atom is -0.508 e. The maximum atomic E-state index is 14.6. The summed E-state index contributed by atoms with van der Waals surface area (Å²) in [5.41, 5.74) is 2.65. The third-order valence-corrected chi connectivity index (χ3v) is 9.39. The van der Waals surface area contributed by atoms with Gasteiger partial charge in [-0.2, -0.15) is 0 Å². The molecule has 5 heterocycles. The molecule has 3 aromatic heterocycles. The summed E-state index contributed by atoms with van der Waals surface area (Å²) < 4.78 is 1.45. The van der Waals surface area contributed by atoms with E-state index in [-0.39, 0.29) is 74.4 Å². The van der Waals surface area contributed by atoms with Gasteiger partial charge in [-0.25, -0.2) is 4.98 Å². The molecule has 2 aliphatic heterocycles. The number of piperazine rings is 1. The second-order valence-electron chi connectivity index (χ2n) is 11.6. The number of fused-ring (bicyclic) bond motifs is 5. The predicted octanol–water partition coefficient (Wildman–Crippen LogP) is 6.09. The van der Waals surface area contributed by atoms with Gasteiger partial charge in [0.1, 0.15) is 23.1 Å². The molecular weight excluding hydrogens is 639 g/mol. The van der Waals surface area contributed by atoms with Gasteiger partial charge >= 0.3 is 0 Å². The molecule has 2 unspecified atom stereocenters. The van der Waals surface area contributed by atoms with Crippen LogP contribution in [-0.2, 0) is 9.59 Å². The molecule has 1 aromatic carbocycles. The topological polar surface area (TPSA) is 121 Å². The highest BCUT2D eigenvalue weighted by Gasteiger charge is 2.43. The number of aromatic nitrogens is 3. The fraction of sp³-hybridized carbons (Fsp3) is 0.281. The van der Waals surface area contributed by atoms with Crippen molar-refractivity contribution in [3.63, 3.8) is 0 Å². The van der Waals surface area contributed by atoms with Crippen LogP contribution in [0.4, 0.5) is 11.4 Å². The quantitative estimate of drug-likeness (QED) is 0.253. The van der Waals surface area contributed by atoms with E-state index in [2.05, 4.69) is 16.9 Å². The van der Waals surface area contributed by atoms with E-state index in [1.807, 2.05) is 32.6 Å². The first-order chi connectivity index (χ1) is 21.3. The van der Waals surface area contributed by atoms with Gasteiger partial charge in [0.2, 0.25) is 11.8 Å². The van der Waals surface area contributed by atoms with Gasteiger partial charge in [-0.1, -0.05) is 55.2 Å². The number of phenolic OH excluding ortho intramolecular Hbond substituents is 1. The Labute approximate surface area is 273 Å². The Morgan fingerprint density at radius 1 is 1.13 bits per heavy atom. The summed E-state index contributed by atoms with van der Waals surface area (Å²) in [4.78, 5) is 53.8. The van der Waals surface area contributed by atoms with Crippen LogP contribution in [0.2, 0.25) is 15.1 Å². The number of phenols is 1. The molecule has 2 amide bonds. The van der Waals surface area contributed by atoms with Crippen LogP contribution in [-0.4, -0.2) is 61.5 Å². The number of rotatable bonds is 4. The lowest BCUT2D eigenvalue weighted by Gasteiger charge is -2.48. The van der Waals surface area contributed by atoms with E-state index in [0.29, 0.717) is 22.5 Å². The summed E-state index contributed by atoms with van der Waals surface area (Å²) in [5, 5.41) is 14.1. The van der Waals surface area contributed by atoms with Crippen LogP contribution in [0.15, 0.2) is 47.9 Å². The number of aryl methyl sites for hydroxylation is 1. The summed E-state index contributed by atoms with van der Waals surface area (Å²) in [6, 6.07) is 5.10. The van der Waals surface area contributed by atoms with Crippen molar-refractivity contribution in [2.45, 2.75) is 45.7 Å². The lowest BCUT2D eigenvalue weighted by atomic mass is 9.99. The molecule has 0 aliphatic carbocycles. The van der Waals surface area contributed by atoms with Crippen LogP contribution in [0.3, 0.4) is 0 Å². The average molecular weight is 668 g/mol. The van der Waals surface area contributed by atoms with Gasteiger partial charge in [0.15, 0.2) is 0 Å². The number of aromatic hydroxyl groups is 1. The summed E-state index contributed by atoms with van der Waals surface area (Å²) in [7, 11) is 0. The fourth-order valence-electron chi connectivity index (χ4n) is 6.18. The number of anilines is 2. The highest BCUT2D eigenvalue weighted by Crippen LogP contribution is 2.44. The molecular formula is C32H29Cl3N6O4. The highest BCUT2D eigenvalue weighted by molar-refractivity contribution is 6.44. The number of hydrogen-bond donors (Lipinski definition) is 2. The van der Waals surface area contributed by atoms with E-state index in [4.69, 9.17) is 39.8 Å². The van der Waals surface area contributed by atoms with Crippen molar-refractivity contribution in [3.05, 3.63) is 79.8 Å². The molecule has 4 aromatic rings. The van der Waals surface area contributed by atoms with Gasteiger partial charge in [-0.15, -0.1) is 0 Å². The molecule has 10 nitrogen and oxygen atoms in total. The minimum absolute atomic E-state index is 0.0701. The van der Waals surface area contributed by atoms with Crippen molar-refractivity contribution in [2.24, 2.45) is 0 Å². The number of pyridine rings is 3. The van der Waals surface area contributed by atoms with Crippen LogP contribution in [0.5, 0.6) is 5.75 Å². The molecule has 2 N–H and O–H groups in total. The summed E-state index contributed by atoms with van der Waals surface area (Å²) >= 11 is 19.8. The van der Waals surface area contributed by atoms with E-state index in [0.717, 1.165) is 5.56 Å². The Morgan fingerprint density at radius 2 is 1.87 bits per heavy atom. The van der Waals surface area contributed by atoms with Gasteiger partial charge in [0, 0.05) is 35.8 Å². The van der Waals surface area contributed by atoms with Crippen molar-refractivity contribution in [2.75, 3.05) is 23.3 Å². The number of nitrogens with zero attached hydrogens (tertiary/aromatic N) is 5. The Morgan fingerprint density at radius 3 is 2.56 bits per heavy atom. The van der Waals surface area contributed by atoms with Gasteiger partial charge in [-0.3, -0.25) is 23.9 Å². The van der Waals surface area contributed by atoms with Crippen molar-refractivity contribution >= 4 is 69.0 Å². The van der Waals surface area contributed by atoms with Gasteiger partial charge in [0.05, 0.1) is 44.4 Å². The monoisotopic (exact) mass is 666 g/mol. The third kappa shape index (κ3) is 4.92. The highest BCUT2D eigenvalue weighted by atomic mass is 35.5. The van der Waals surface area contributed by atoms with Crippen molar-refractivity contribution in [1.29, 1.82) is 0 Å². The van der Waals surface area contributed by atoms with E-state index in [9.17, 15) is 19.5 Å². The molecule has 1 fully saturated rings. The van der Waals surface area contributed by atoms with Gasteiger partial charge in [-0.05, 0) is 49.6 Å². The van der Waals surface area contributed by atoms with Crippen LogP contribution in [0.25, 0.3) is 28.0 Å². The minimum atomic E-state index is -0.778. The zero-order valence-electron chi connectivity index (χ0n) is 24.9. The second kappa shape index (κ2) is 11.3. The number of amides is 2. The van der Waals surface area contributed by atoms with Crippen LogP contribution >= 0.6 is 34.8 Å². The molecule has 0 bridgehead atoms. The zero-order valence-corrected chi connectivity index (χ0v) is 27.1. The maximum absolute atomic E-state index is 14.6. The first-order valence-corrected chi connectivity index (χ1v) is 15.4. The van der Waals surface area contributed by atoms with E-state index < -0.39 is 17.5 Å². The van der Waals surface area contributed by atoms with Gasteiger partial charge in [0.25, 0.3) is 5.56 Å². The molecule has 1 saturated heterocycles. The Hall–Kier alpha value is -4.12. The van der Waals surface area contributed by atoms with Crippen LogP contribution < -0.4 is 15.8 Å². The molecule has 13 heteroatoms. The third-order valence-electron chi connectivity index (χ3n) is 8.30. The van der Waals surface area contributed by atoms with Crippen LogP contribution in [0.1, 0.15) is 37.9 Å². The number of carbonyl (C=O) groups is 2. The number of nitrogens with one attached hydrogen (secondary N) is 1. The van der Waals surface area contributed by atoms with E-state index in [1.54, 1.807) is 23.2 Å². The van der Waals surface area contributed by atoms with Gasteiger partial charge < -0.3 is 20.2 Å². The number of hydrogen-bond acceptors (Lipinski definition) is 7. The lowest BCUT2D eigenvalue weighted by molar-refractivity contribution is -0.130. The number of benzene rings is 1. The summed E-state index contributed by atoms with van der Waals surface area (Å²) in [6.07, 6.45) is 2.91. The fourth-order valence-corrected chi connectivity index (χ4v) is 6.85. The van der Waals surface area contributed by atoms with E-state index in [1.165, 1.54) is 22.8 Å². The summed E-state index contributed by atoms with van der Waals surface area (Å²) in [6.45, 7) is 11.6. The lowest BCUT2D eigenvalue weighted by Crippen LogP contribution is -2.64. The molecule has 0 spiro atoms. The zero-order chi connectivity index (χ0) is 32.5.